The van der Waals surface area contributed by atoms with Crippen molar-refractivity contribution in [3.8, 4) is 0 Å². The van der Waals surface area contributed by atoms with Gasteiger partial charge in [-0.2, -0.15) is 8.42 Å². The maximum atomic E-state index is 10.4. The topological polar surface area (TPSA) is 118 Å². The van der Waals surface area contributed by atoms with E-state index in [-0.39, 0.29) is 11.8 Å². The van der Waals surface area contributed by atoms with Crippen LogP contribution in [0.25, 0.3) is 0 Å². The van der Waals surface area contributed by atoms with Gasteiger partial charge in [0.2, 0.25) is 0 Å². The minimum atomic E-state index is -3.93. The minimum absolute atomic E-state index is 0.00234. The smallest absolute Gasteiger partial charge is 0.390 e. The Morgan fingerprint density at radius 3 is 2.06 bits per heavy atom. The fourth-order valence-electron chi connectivity index (χ4n) is 1.36. The van der Waals surface area contributed by atoms with Crippen LogP contribution in [0.2, 0.25) is 6.04 Å². The number of unbranched alkanes of at least 4 members (excludes halogenated alkanes) is 1. The third-order valence-electron chi connectivity index (χ3n) is 2.24. The molecule has 0 unspecified atom stereocenters. The highest BCUT2D eigenvalue weighted by atomic mass is 32.2. The van der Waals surface area contributed by atoms with Crippen LogP contribution >= 0.6 is 0 Å². The standard InChI is InChI=1S/C8H21NO6SSi/c1-9(6-4-8-17(13,14)15)5-2-3-7-16(10,11)12/h13-15H,2-8H2,1H3,(H,10,11,12). The van der Waals surface area contributed by atoms with Gasteiger partial charge in [-0.3, -0.25) is 4.55 Å². The zero-order valence-corrected chi connectivity index (χ0v) is 11.7. The molecule has 0 aliphatic rings. The summed E-state index contributed by atoms with van der Waals surface area (Å²) in [5.74, 6) is -0.235. The van der Waals surface area contributed by atoms with Gasteiger partial charge in [0.05, 0.1) is 5.75 Å². The van der Waals surface area contributed by atoms with E-state index in [1.54, 1.807) is 0 Å². The first-order valence-corrected chi connectivity index (χ1v) is 9.07. The molecule has 0 rings (SSSR count). The molecular weight excluding hydrogens is 266 g/mol. The Hall–Kier alpha value is -0.0331. The molecule has 0 aromatic carbocycles. The summed E-state index contributed by atoms with van der Waals surface area (Å²) in [6, 6.07) is 0.00234. The molecule has 7 nitrogen and oxygen atoms in total. The molecule has 0 fully saturated rings. The Balaban J connectivity index is 3.51. The molecule has 0 saturated carbocycles. The number of hydrogen-bond acceptors (Lipinski definition) is 6. The third-order valence-corrected chi connectivity index (χ3v) is 4.07. The van der Waals surface area contributed by atoms with Gasteiger partial charge in [0.1, 0.15) is 0 Å². The van der Waals surface area contributed by atoms with Crippen LogP contribution in [0.5, 0.6) is 0 Å². The van der Waals surface area contributed by atoms with E-state index >= 15 is 0 Å². The average Bonchev–Trinajstić information content (AvgIpc) is 2.09. The Morgan fingerprint density at radius 2 is 1.59 bits per heavy atom. The number of rotatable bonds is 9. The maximum Gasteiger partial charge on any atom is 0.492 e. The molecule has 4 N–H and O–H groups in total. The first-order chi connectivity index (χ1) is 7.60. The van der Waals surface area contributed by atoms with Crippen LogP contribution in [0.1, 0.15) is 19.3 Å². The molecule has 0 atom stereocenters. The van der Waals surface area contributed by atoms with Gasteiger partial charge in [0.15, 0.2) is 0 Å². The summed E-state index contributed by atoms with van der Waals surface area (Å²) >= 11 is 0. The average molecular weight is 287 g/mol. The van der Waals surface area contributed by atoms with Gasteiger partial charge in [-0.05, 0) is 39.4 Å². The zero-order chi connectivity index (χ0) is 13.5. The molecule has 0 aliphatic heterocycles. The molecule has 0 aromatic heterocycles. The summed E-state index contributed by atoms with van der Waals surface area (Å²) in [7, 11) is -5.97. The molecule has 0 radical (unpaired) electrons. The predicted octanol–water partition coefficient (Wildman–Crippen LogP) is -1.11. The van der Waals surface area contributed by atoms with Crippen LogP contribution < -0.4 is 0 Å². The summed E-state index contributed by atoms with van der Waals surface area (Å²) < 4.78 is 29.3. The van der Waals surface area contributed by atoms with Crippen molar-refractivity contribution in [1.29, 1.82) is 0 Å². The first-order valence-electron chi connectivity index (χ1n) is 5.41. The molecule has 0 amide bonds. The van der Waals surface area contributed by atoms with Gasteiger partial charge in [-0.15, -0.1) is 0 Å². The van der Waals surface area contributed by atoms with E-state index < -0.39 is 18.9 Å². The second-order valence-electron chi connectivity index (χ2n) is 4.17. The van der Waals surface area contributed by atoms with Crippen LogP contribution in [0.4, 0.5) is 0 Å². The molecule has 0 bridgehead atoms. The van der Waals surface area contributed by atoms with Gasteiger partial charge in [-0.1, -0.05) is 0 Å². The maximum absolute atomic E-state index is 10.4. The molecule has 17 heavy (non-hydrogen) atoms. The molecule has 0 aromatic rings. The van der Waals surface area contributed by atoms with Crippen molar-refractivity contribution in [2.24, 2.45) is 0 Å². The molecule has 9 heteroatoms. The lowest BCUT2D eigenvalue weighted by atomic mass is 10.3. The number of nitrogens with zero attached hydrogens (tertiary/aromatic N) is 1. The summed E-state index contributed by atoms with van der Waals surface area (Å²) in [5, 5.41) is 0. The quantitative estimate of drug-likeness (QED) is 0.241. The highest BCUT2D eigenvalue weighted by molar-refractivity contribution is 7.85. The van der Waals surface area contributed by atoms with Crippen LogP contribution in [-0.4, -0.2) is 67.0 Å². The fourth-order valence-corrected chi connectivity index (χ4v) is 2.57. The Labute approximate surface area is 103 Å². The largest absolute Gasteiger partial charge is 0.492 e. The second kappa shape index (κ2) is 7.41. The molecule has 0 spiro atoms. The minimum Gasteiger partial charge on any atom is -0.390 e. The SMILES string of the molecule is CN(CCCCS(=O)(=O)O)CCC[Si](O)(O)O. The number of hydrogen-bond donors (Lipinski definition) is 4. The van der Waals surface area contributed by atoms with Crippen molar-refractivity contribution < 1.29 is 27.4 Å². The molecule has 0 aliphatic carbocycles. The first kappa shape index (κ1) is 17.0. The van der Waals surface area contributed by atoms with E-state index in [4.69, 9.17) is 18.9 Å². The predicted molar refractivity (Wildman–Crippen MR) is 65.0 cm³/mol. The highest BCUT2D eigenvalue weighted by Crippen LogP contribution is 2.03. The van der Waals surface area contributed by atoms with Crippen molar-refractivity contribution in [2.45, 2.75) is 25.3 Å². The van der Waals surface area contributed by atoms with E-state index in [0.29, 0.717) is 32.4 Å². The lowest BCUT2D eigenvalue weighted by Crippen LogP contribution is -2.35. The van der Waals surface area contributed by atoms with Gasteiger partial charge in [-0.25, -0.2) is 0 Å². The highest BCUT2D eigenvalue weighted by Gasteiger charge is 2.25. The van der Waals surface area contributed by atoms with Crippen LogP contribution in [0.3, 0.4) is 0 Å². The summed E-state index contributed by atoms with van der Waals surface area (Å²) in [5.41, 5.74) is 0. The summed E-state index contributed by atoms with van der Waals surface area (Å²) in [6.07, 6.45) is 1.50. The van der Waals surface area contributed by atoms with E-state index in [1.165, 1.54) is 0 Å². The van der Waals surface area contributed by atoms with Crippen LogP contribution in [0.15, 0.2) is 0 Å². The van der Waals surface area contributed by atoms with Crippen LogP contribution in [-0.2, 0) is 10.1 Å². The van der Waals surface area contributed by atoms with Crippen LogP contribution in [0, 0.1) is 0 Å². The molecule has 104 valence electrons. The molecule has 0 heterocycles. The molecular formula is C8H21NO6SSi. The Bertz CT molecular complexity index is 302. The van der Waals surface area contributed by atoms with Crippen molar-refractivity contribution in [2.75, 3.05) is 25.9 Å². The lowest BCUT2D eigenvalue weighted by molar-refractivity contribution is 0.222. The second-order valence-corrected chi connectivity index (χ2v) is 7.80. The van der Waals surface area contributed by atoms with E-state index in [9.17, 15) is 8.42 Å². The Kier molecular flexibility index (Phi) is 7.40. The van der Waals surface area contributed by atoms with Crippen molar-refractivity contribution in [3.63, 3.8) is 0 Å². The molecule has 0 saturated heterocycles. The monoisotopic (exact) mass is 287 g/mol. The normalized spacial score (nSPS) is 13.3. The van der Waals surface area contributed by atoms with Gasteiger partial charge < -0.3 is 19.3 Å². The van der Waals surface area contributed by atoms with Crippen molar-refractivity contribution >= 4 is 18.9 Å². The van der Waals surface area contributed by atoms with E-state index in [2.05, 4.69) is 0 Å². The van der Waals surface area contributed by atoms with E-state index in [0.717, 1.165) is 0 Å². The van der Waals surface area contributed by atoms with Crippen molar-refractivity contribution in [3.05, 3.63) is 0 Å². The summed E-state index contributed by atoms with van der Waals surface area (Å²) in [4.78, 5) is 28.2. The fraction of sp³-hybridized carbons (Fsp3) is 1.00. The third kappa shape index (κ3) is 13.9. The zero-order valence-electron chi connectivity index (χ0n) is 9.91. The van der Waals surface area contributed by atoms with Gasteiger partial charge in [0, 0.05) is 6.04 Å². The van der Waals surface area contributed by atoms with E-state index in [1.807, 2.05) is 11.9 Å². The van der Waals surface area contributed by atoms with Gasteiger partial charge >= 0.3 is 8.80 Å². The lowest BCUT2D eigenvalue weighted by Gasteiger charge is -2.17. The summed E-state index contributed by atoms with van der Waals surface area (Å²) in [6.45, 7) is 1.26. The Morgan fingerprint density at radius 1 is 1.06 bits per heavy atom. The van der Waals surface area contributed by atoms with Gasteiger partial charge in [0.25, 0.3) is 10.1 Å². The van der Waals surface area contributed by atoms with Crippen molar-refractivity contribution in [1.82, 2.24) is 4.90 Å².